The zero-order chi connectivity index (χ0) is 10.7. The lowest BCUT2D eigenvalue weighted by Gasteiger charge is -2.07. The first-order valence-electron chi connectivity index (χ1n) is 4.94. The van der Waals surface area contributed by atoms with Crippen LogP contribution in [0.1, 0.15) is 12.0 Å². The molecule has 0 saturated carbocycles. The van der Waals surface area contributed by atoms with Gasteiger partial charge in [-0.3, -0.25) is 4.21 Å². The molecule has 6 heteroatoms. The first-order valence-corrected chi connectivity index (χ1v) is 6.70. The SMILES string of the molecule is Cl.O=[S@@](Cc1ccc(Cl)nc1)[C@@H]1CCNC1. The Morgan fingerprint density at radius 1 is 1.56 bits per heavy atom. The first kappa shape index (κ1) is 13.9. The molecule has 2 atom stereocenters. The average molecular weight is 281 g/mol. The Bertz CT molecular complexity index is 352. The van der Waals surface area contributed by atoms with Gasteiger partial charge in [0.1, 0.15) is 5.15 Å². The number of halogens is 2. The molecule has 16 heavy (non-hydrogen) atoms. The van der Waals surface area contributed by atoms with E-state index in [-0.39, 0.29) is 12.4 Å². The van der Waals surface area contributed by atoms with Gasteiger partial charge in [0, 0.05) is 28.8 Å². The van der Waals surface area contributed by atoms with Crippen molar-refractivity contribution in [2.45, 2.75) is 17.4 Å². The second-order valence-corrected chi connectivity index (χ2v) is 5.73. The topological polar surface area (TPSA) is 42.0 Å². The van der Waals surface area contributed by atoms with Gasteiger partial charge in [-0.1, -0.05) is 17.7 Å². The molecule has 1 N–H and O–H groups in total. The van der Waals surface area contributed by atoms with Crippen molar-refractivity contribution < 1.29 is 4.21 Å². The monoisotopic (exact) mass is 280 g/mol. The van der Waals surface area contributed by atoms with Crippen molar-refractivity contribution in [3.63, 3.8) is 0 Å². The minimum absolute atomic E-state index is 0. The van der Waals surface area contributed by atoms with E-state index in [1.165, 1.54) is 0 Å². The lowest BCUT2D eigenvalue weighted by Crippen LogP contribution is -2.19. The number of hydrogen-bond donors (Lipinski definition) is 1. The molecule has 90 valence electrons. The summed E-state index contributed by atoms with van der Waals surface area (Å²) in [6.07, 6.45) is 2.70. The third kappa shape index (κ3) is 3.70. The van der Waals surface area contributed by atoms with Crippen LogP contribution in [0.4, 0.5) is 0 Å². The minimum atomic E-state index is -0.799. The van der Waals surface area contributed by atoms with Gasteiger partial charge in [-0.25, -0.2) is 4.98 Å². The number of nitrogens with one attached hydrogen (secondary N) is 1. The van der Waals surface area contributed by atoms with Gasteiger partial charge in [0.2, 0.25) is 0 Å². The molecule has 3 nitrogen and oxygen atoms in total. The molecule has 1 aliphatic heterocycles. The molecule has 0 radical (unpaired) electrons. The summed E-state index contributed by atoms with van der Waals surface area (Å²) < 4.78 is 11.9. The molecule has 1 aromatic rings. The molecule has 1 fully saturated rings. The summed E-state index contributed by atoms with van der Waals surface area (Å²) in [5, 5.41) is 3.99. The van der Waals surface area contributed by atoms with E-state index < -0.39 is 10.8 Å². The van der Waals surface area contributed by atoms with Gasteiger partial charge in [-0.15, -0.1) is 12.4 Å². The van der Waals surface area contributed by atoms with E-state index in [4.69, 9.17) is 11.6 Å². The highest BCUT2D eigenvalue weighted by Crippen LogP contribution is 2.13. The van der Waals surface area contributed by atoms with E-state index in [2.05, 4.69) is 10.3 Å². The van der Waals surface area contributed by atoms with Gasteiger partial charge < -0.3 is 5.32 Å². The second kappa shape index (κ2) is 6.55. The highest BCUT2D eigenvalue weighted by Gasteiger charge is 2.20. The molecule has 0 bridgehead atoms. The smallest absolute Gasteiger partial charge is 0.129 e. The maximum absolute atomic E-state index is 11.9. The van der Waals surface area contributed by atoms with Crippen molar-refractivity contribution in [3.05, 3.63) is 29.0 Å². The Balaban J connectivity index is 0.00000128. The van der Waals surface area contributed by atoms with Crippen molar-refractivity contribution >= 4 is 34.8 Å². The van der Waals surface area contributed by atoms with Crippen molar-refractivity contribution in [2.75, 3.05) is 13.1 Å². The molecular weight excluding hydrogens is 267 g/mol. The highest BCUT2D eigenvalue weighted by atomic mass is 35.5. The molecule has 2 heterocycles. The Morgan fingerprint density at radius 2 is 2.38 bits per heavy atom. The van der Waals surface area contributed by atoms with Gasteiger partial charge >= 0.3 is 0 Å². The fourth-order valence-electron chi connectivity index (χ4n) is 1.63. The molecule has 1 aromatic heterocycles. The standard InChI is InChI=1S/C10H13ClN2OS.ClH/c11-10-2-1-8(5-13-10)7-15(14)9-3-4-12-6-9;/h1-2,5,9,12H,3-4,6-7H2;1H/t9-,15+;/m1./s1. The summed E-state index contributed by atoms with van der Waals surface area (Å²) >= 11 is 5.68. The van der Waals surface area contributed by atoms with E-state index in [1.54, 1.807) is 12.3 Å². The zero-order valence-electron chi connectivity index (χ0n) is 8.69. The lowest BCUT2D eigenvalue weighted by atomic mass is 10.3. The lowest BCUT2D eigenvalue weighted by molar-refractivity contribution is 0.672. The van der Waals surface area contributed by atoms with Crippen molar-refractivity contribution in [1.82, 2.24) is 10.3 Å². The molecule has 0 amide bonds. The minimum Gasteiger partial charge on any atom is -0.315 e. The van der Waals surface area contributed by atoms with Crippen molar-refractivity contribution in [3.8, 4) is 0 Å². The number of aromatic nitrogens is 1. The van der Waals surface area contributed by atoms with Crippen LogP contribution >= 0.6 is 24.0 Å². The van der Waals surface area contributed by atoms with E-state index in [1.807, 2.05) is 6.07 Å². The maximum Gasteiger partial charge on any atom is 0.129 e. The molecule has 0 unspecified atom stereocenters. The Hall–Kier alpha value is -0.160. The van der Waals surface area contributed by atoms with E-state index in [9.17, 15) is 4.21 Å². The molecule has 1 saturated heterocycles. The third-order valence-corrected chi connectivity index (χ3v) is 4.47. The summed E-state index contributed by atoms with van der Waals surface area (Å²) in [4.78, 5) is 3.97. The van der Waals surface area contributed by atoms with Crippen LogP contribution in [0.15, 0.2) is 18.3 Å². The van der Waals surface area contributed by atoms with E-state index in [0.29, 0.717) is 16.2 Å². The van der Waals surface area contributed by atoms with Crippen molar-refractivity contribution in [2.24, 2.45) is 0 Å². The Labute approximate surface area is 109 Å². The molecule has 0 aromatic carbocycles. The maximum atomic E-state index is 11.9. The summed E-state index contributed by atoms with van der Waals surface area (Å²) in [7, 11) is -0.799. The van der Waals surface area contributed by atoms with E-state index >= 15 is 0 Å². The van der Waals surface area contributed by atoms with Gasteiger partial charge in [0.15, 0.2) is 0 Å². The van der Waals surface area contributed by atoms with Crippen LogP contribution in [0.5, 0.6) is 0 Å². The van der Waals surface area contributed by atoms with Crippen LogP contribution < -0.4 is 5.32 Å². The van der Waals surface area contributed by atoms with Crippen LogP contribution in [-0.4, -0.2) is 27.5 Å². The Kier molecular flexibility index (Phi) is 5.69. The van der Waals surface area contributed by atoms with Gasteiger partial charge in [0.05, 0.1) is 5.75 Å². The zero-order valence-corrected chi connectivity index (χ0v) is 11.1. The van der Waals surface area contributed by atoms with Crippen molar-refractivity contribution in [1.29, 1.82) is 0 Å². The molecule has 0 spiro atoms. The number of rotatable bonds is 3. The third-order valence-electron chi connectivity index (χ3n) is 2.48. The summed E-state index contributed by atoms with van der Waals surface area (Å²) in [6, 6.07) is 3.62. The summed E-state index contributed by atoms with van der Waals surface area (Å²) in [5.41, 5.74) is 0.990. The fourth-order valence-corrected chi connectivity index (χ4v) is 3.16. The predicted octanol–water partition coefficient (Wildman–Crippen LogP) is 1.77. The van der Waals surface area contributed by atoms with E-state index in [0.717, 1.165) is 25.1 Å². The number of hydrogen-bond acceptors (Lipinski definition) is 3. The largest absolute Gasteiger partial charge is 0.315 e. The van der Waals surface area contributed by atoms with Gasteiger partial charge in [0.25, 0.3) is 0 Å². The molecule has 1 aliphatic rings. The van der Waals surface area contributed by atoms with Crippen LogP contribution in [-0.2, 0) is 16.6 Å². The van der Waals surface area contributed by atoms with Gasteiger partial charge in [-0.2, -0.15) is 0 Å². The number of nitrogens with zero attached hydrogens (tertiary/aromatic N) is 1. The second-order valence-electron chi connectivity index (χ2n) is 3.63. The van der Waals surface area contributed by atoms with Crippen LogP contribution in [0.2, 0.25) is 5.15 Å². The van der Waals surface area contributed by atoms with Crippen LogP contribution in [0.3, 0.4) is 0 Å². The van der Waals surface area contributed by atoms with Gasteiger partial charge in [-0.05, 0) is 24.6 Å². The van der Waals surface area contributed by atoms with Crippen LogP contribution in [0.25, 0.3) is 0 Å². The molecule has 2 rings (SSSR count). The molecule has 0 aliphatic carbocycles. The summed E-state index contributed by atoms with van der Waals surface area (Å²) in [5.74, 6) is 0.580. The predicted molar refractivity (Wildman–Crippen MR) is 69.6 cm³/mol. The normalized spacial score (nSPS) is 21.4. The highest BCUT2D eigenvalue weighted by molar-refractivity contribution is 7.84. The quantitative estimate of drug-likeness (QED) is 0.859. The summed E-state index contributed by atoms with van der Waals surface area (Å²) in [6.45, 7) is 1.85. The Morgan fingerprint density at radius 3 is 2.94 bits per heavy atom. The molecular formula is C10H14Cl2N2OS. The fraction of sp³-hybridized carbons (Fsp3) is 0.500. The first-order chi connectivity index (χ1) is 7.25. The number of pyridine rings is 1. The average Bonchev–Trinajstić information content (AvgIpc) is 2.74. The van der Waals surface area contributed by atoms with Crippen LogP contribution in [0, 0.1) is 0 Å².